The van der Waals surface area contributed by atoms with Crippen LogP contribution in [0.4, 0.5) is 13.2 Å². The van der Waals surface area contributed by atoms with Crippen molar-refractivity contribution in [3.8, 4) is 11.3 Å². The number of carbonyl (C=O) groups excluding carboxylic acids is 1. The van der Waals surface area contributed by atoms with Gasteiger partial charge in [0.15, 0.2) is 0 Å². The maximum Gasteiger partial charge on any atom is 0.254 e. The Balaban J connectivity index is 1.59. The number of nitrogens with zero attached hydrogens (tertiary/aromatic N) is 4. The van der Waals surface area contributed by atoms with Gasteiger partial charge in [-0.15, -0.1) is 0 Å². The van der Waals surface area contributed by atoms with E-state index in [2.05, 4.69) is 10.1 Å². The summed E-state index contributed by atoms with van der Waals surface area (Å²) < 4.78 is 42.9. The highest BCUT2D eigenvalue weighted by atomic mass is 19.1. The number of rotatable bonds is 2. The number of benzene rings is 1. The Morgan fingerprint density at radius 1 is 1.10 bits per heavy atom. The molecule has 5 rings (SSSR count). The quantitative estimate of drug-likeness (QED) is 0.593. The fourth-order valence-corrected chi connectivity index (χ4v) is 4.89. The fraction of sp³-hybridized carbons (Fsp3) is 0.318. The topological polar surface area (TPSA) is 51.0 Å². The van der Waals surface area contributed by atoms with Crippen LogP contribution in [0.3, 0.4) is 0 Å². The summed E-state index contributed by atoms with van der Waals surface area (Å²) in [6, 6.07) is 5.76. The molecule has 2 unspecified atom stereocenters. The minimum atomic E-state index is -0.697. The van der Waals surface area contributed by atoms with E-state index in [1.165, 1.54) is 24.4 Å². The third-order valence-corrected chi connectivity index (χ3v) is 6.02. The van der Waals surface area contributed by atoms with Crippen molar-refractivity contribution in [2.75, 3.05) is 0 Å². The van der Waals surface area contributed by atoms with Crippen molar-refractivity contribution in [2.45, 2.75) is 37.8 Å². The molecular formula is C22H19F3N4O. The zero-order chi connectivity index (χ0) is 21.0. The van der Waals surface area contributed by atoms with Crippen LogP contribution in [0.25, 0.3) is 11.3 Å². The largest absolute Gasteiger partial charge is 0.327 e. The minimum Gasteiger partial charge on any atom is -0.327 e. The maximum atomic E-state index is 13.8. The molecule has 30 heavy (non-hydrogen) atoms. The van der Waals surface area contributed by atoms with Crippen LogP contribution in [0.1, 0.15) is 46.9 Å². The Bertz CT molecular complexity index is 1140. The molecule has 8 heteroatoms. The van der Waals surface area contributed by atoms with E-state index in [9.17, 15) is 18.0 Å². The molecule has 1 saturated heterocycles. The van der Waals surface area contributed by atoms with E-state index in [1.807, 2.05) is 0 Å². The predicted molar refractivity (Wildman–Crippen MR) is 103 cm³/mol. The van der Waals surface area contributed by atoms with Gasteiger partial charge in [0.25, 0.3) is 5.91 Å². The third-order valence-electron chi connectivity index (χ3n) is 6.02. The first-order valence-electron chi connectivity index (χ1n) is 9.89. The number of carbonyl (C=O) groups is 1. The van der Waals surface area contributed by atoms with Crippen molar-refractivity contribution in [1.82, 2.24) is 19.7 Å². The van der Waals surface area contributed by atoms with Crippen molar-refractivity contribution >= 4 is 5.91 Å². The Morgan fingerprint density at radius 3 is 2.60 bits per heavy atom. The summed E-state index contributed by atoms with van der Waals surface area (Å²) in [5, 5.41) is 4.64. The smallest absolute Gasteiger partial charge is 0.254 e. The molecule has 2 aromatic heterocycles. The van der Waals surface area contributed by atoms with Crippen LogP contribution < -0.4 is 0 Å². The maximum absolute atomic E-state index is 13.8. The van der Waals surface area contributed by atoms with Crippen molar-refractivity contribution in [3.05, 3.63) is 70.9 Å². The first-order chi connectivity index (χ1) is 14.4. The van der Waals surface area contributed by atoms with Crippen LogP contribution in [0.15, 0.2) is 36.5 Å². The van der Waals surface area contributed by atoms with Crippen LogP contribution >= 0.6 is 0 Å². The predicted octanol–water partition coefficient (Wildman–Crippen LogP) is 4.19. The highest BCUT2D eigenvalue weighted by Crippen LogP contribution is 2.45. The number of amides is 1. The molecule has 2 aliphatic rings. The lowest BCUT2D eigenvalue weighted by molar-refractivity contribution is 0.0391. The molecule has 0 saturated carbocycles. The van der Waals surface area contributed by atoms with Gasteiger partial charge < -0.3 is 4.90 Å². The number of aromatic nitrogens is 3. The number of aryl methyl sites for hydroxylation is 1. The van der Waals surface area contributed by atoms with Gasteiger partial charge >= 0.3 is 0 Å². The Kier molecular flexibility index (Phi) is 4.38. The molecule has 2 atom stereocenters. The number of fused-ring (bicyclic) bond motifs is 4. The van der Waals surface area contributed by atoms with Gasteiger partial charge in [-0.3, -0.25) is 9.48 Å². The lowest BCUT2D eigenvalue weighted by atomic mass is 9.81. The average molecular weight is 412 g/mol. The van der Waals surface area contributed by atoms with Crippen LogP contribution in [-0.4, -0.2) is 31.6 Å². The molecule has 1 amide bonds. The van der Waals surface area contributed by atoms with E-state index in [0.717, 1.165) is 42.7 Å². The number of pyridine rings is 1. The zero-order valence-electron chi connectivity index (χ0n) is 16.3. The van der Waals surface area contributed by atoms with Gasteiger partial charge in [-0.2, -0.15) is 9.49 Å². The Labute approximate surface area is 171 Å². The van der Waals surface area contributed by atoms with Gasteiger partial charge in [0.05, 0.1) is 17.4 Å². The van der Waals surface area contributed by atoms with E-state index < -0.39 is 17.6 Å². The molecule has 5 nitrogen and oxygen atoms in total. The van der Waals surface area contributed by atoms with Crippen LogP contribution in [0, 0.1) is 17.6 Å². The molecule has 3 aromatic rings. The van der Waals surface area contributed by atoms with Crippen molar-refractivity contribution in [1.29, 1.82) is 0 Å². The van der Waals surface area contributed by atoms with Crippen molar-refractivity contribution in [3.63, 3.8) is 0 Å². The summed E-state index contributed by atoms with van der Waals surface area (Å²) in [5.41, 5.74) is 3.02. The second kappa shape index (κ2) is 6.97. The summed E-state index contributed by atoms with van der Waals surface area (Å²) in [6.45, 7) is 0. The number of hydrogen-bond donors (Lipinski definition) is 0. The second-order valence-corrected chi connectivity index (χ2v) is 7.88. The summed E-state index contributed by atoms with van der Waals surface area (Å²) >= 11 is 0. The van der Waals surface area contributed by atoms with E-state index >= 15 is 0 Å². The van der Waals surface area contributed by atoms with Gasteiger partial charge in [-0.1, -0.05) is 0 Å². The van der Waals surface area contributed by atoms with Crippen LogP contribution in [-0.2, 0) is 13.5 Å². The summed E-state index contributed by atoms with van der Waals surface area (Å²) in [4.78, 5) is 18.5. The van der Waals surface area contributed by atoms with E-state index in [4.69, 9.17) is 0 Å². The number of piperidine rings is 1. The van der Waals surface area contributed by atoms with Crippen molar-refractivity contribution < 1.29 is 18.0 Å². The molecule has 0 N–H and O–H groups in total. The minimum absolute atomic E-state index is 0.0821. The zero-order valence-corrected chi connectivity index (χ0v) is 16.3. The fourth-order valence-electron chi connectivity index (χ4n) is 4.89. The van der Waals surface area contributed by atoms with Gasteiger partial charge in [0.2, 0.25) is 5.95 Å². The highest BCUT2D eigenvalue weighted by molar-refractivity contribution is 5.95. The van der Waals surface area contributed by atoms with Gasteiger partial charge in [-0.05, 0) is 43.9 Å². The Morgan fingerprint density at radius 2 is 1.87 bits per heavy atom. The van der Waals surface area contributed by atoms with Crippen molar-refractivity contribution in [2.24, 2.45) is 7.05 Å². The molecule has 1 aromatic carbocycles. The molecule has 0 aliphatic carbocycles. The Hall–Kier alpha value is -3.16. The standard InChI is InChI=1S/C22H19F3N4O/c1-28-21(13-7-14(23)10-15(24)8-13)17-11-16-3-2-4-18(20(17)27-28)29(16)22(30)12-5-6-26-19(25)9-12/h5-10,16,18H,2-4,11H2,1H3. The van der Waals surface area contributed by atoms with E-state index in [0.29, 0.717) is 17.7 Å². The lowest BCUT2D eigenvalue weighted by Crippen LogP contribution is -2.49. The molecule has 2 bridgehead atoms. The molecule has 0 spiro atoms. The molecule has 154 valence electrons. The van der Waals surface area contributed by atoms with Gasteiger partial charge in [0.1, 0.15) is 11.6 Å². The van der Waals surface area contributed by atoms with Crippen LogP contribution in [0.2, 0.25) is 0 Å². The normalized spacial score (nSPS) is 20.2. The van der Waals surface area contributed by atoms with Gasteiger partial charge in [-0.25, -0.2) is 13.8 Å². The van der Waals surface area contributed by atoms with E-state index in [1.54, 1.807) is 16.6 Å². The number of hydrogen-bond acceptors (Lipinski definition) is 3. The second-order valence-electron chi connectivity index (χ2n) is 7.88. The van der Waals surface area contributed by atoms with E-state index in [-0.39, 0.29) is 23.6 Å². The molecule has 1 fully saturated rings. The van der Waals surface area contributed by atoms with Crippen LogP contribution in [0.5, 0.6) is 0 Å². The lowest BCUT2D eigenvalue weighted by Gasteiger charge is -2.45. The van der Waals surface area contributed by atoms with Gasteiger partial charge in [0, 0.05) is 48.1 Å². The number of halogens is 3. The SMILES string of the molecule is Cn1nc2c(c1-c1cc(F)cc(F)c1)CC1CCCC2N1C(=O)c1ccnc(F)c1. The molecule has 2 aliphatic heterocycles. The summed E-state index contributed by atoms with van der Waals surface area (Å²) in [5.74, 6) is -2.24. The monoisotopic (exact) mass is 412 g/mol. The first-order valence-corrected chi connectivity index (χ1v) is 9.89. The summed E-state index contributed by atoms with van der Waals surface area (Å²) in [6.07, 6.45) is 4.30. The molecular weight excluding hydrogens is 393 g/mol. The summed E-state index contributed by atoms with van der Waals surface area (Å²) in [7, 11) is 1.74. The first kappa shape index (κ1) is 18.8. The average Bonchev–Trinajstić information content (AvgIpc) is 3.02. The third kappa shape index (κ3) is 2.98. The highest BCUT2D eigenvalue weighted by Gasteiger charge is 2.43. The molecule has 0 radical (unpaired) electrons. The molecule has 4 heterocycles.